The Hall–Kier alpha value is -1.51. The second kappa shape index (κ2) is 1.99. The first-order valence-corrected chi connectivity index (χ1v) is 3.35. The standard InChI is InChI=1S/C8H6N2O/c1-5-3-2-4-6-7(5)8(11)10-9-6/h2-4H,1H3. The molecule has 1 aromatic rings. The molecule has 2 rings (SSSR count). The second-order valence-electron chi connectivity index (χ2n) is 2.47. The van der Waals surface area contributed by atoms with E-state index in [9.17, 15) is 4.79 Å². The molecule has 0 spiro atoms. The summed E-state index contributed by atoms with van der Waals surface area (Å²) >= 11 is 0. The van der Waals surface area contributed by atoms with E-state index in [-0.39, 0.29) is 5.91 Å². The summed E-state index contributed by atoms with van der Waals surface area (Å²) < 4.78 is 0. The van der Waals surface area contributed by atoms with Crippen LogP contribution in [0.25, 0.3) is 0 Å². The van der Waals surface area contributed by atoms with Crippen LogP contribution in [0.3, 0.4) is 0 Å². The van der Waals surface area contributed by atoms with Gasteiger partial charge >= 0.3 is 0 Å². The summed E-state index contributed by atoms with van der Waals surface area (Å²) in [6.07, 6.45) is 0. The van der Waals surface area contributed by atoms with Gasteiger partial charge in [-0.2, -0.15) is 0 Å². The van der Waals surface area contributed by atoms with Gasteiger partial charge in [0.05, 0.1) is 11.3 Å². The second-order valence-corrected chi connectivity index (χ2v) is 2.47. The molecular weight excluding hydrogens is 140 g/mol. The Kier molecular flexibility index (Phi) is 1.12. The molecule has 0 saturated heterocycles. The summed E-state index contributed by atoms with van der Waals surface area (Å²) in [5.74, 6) is -0.224. The molecule has 0 saturated carbocycles. The lowest BCUT2D eigenvalue weighted by molar-refractivity contribution is 0.100. The van der Waals surface area contributed by atoms with Crippen LogP contribution in [0.5, 0.6) is 0 Å². The molecular formula is C8H6N2O. The number of rotatable bonds is 0. The number of aryl methyl sites for hydroxylation is 1. The third-order valence-electron chi connectivity index (χ3n) is 1.71. The number of fused-ring (bicyclic) bond motifs is 1. The van der Waals surface area contributed by atoms with Crippen molar-refractivity contribution in [1.82, 2.24) is 0 Å². The monoisotopic (exact) mass is 146 g/mol. The molecule has 1 aliphatic heterocycles. The van der Waals surface area contributed by atoms with Crippen molar-refractivity contribution in [1.29, 1.82) is 0 Å². The van der Waals surface area contributed by atoms with E-state index in [0.717, 1.165) is 5.56 Å². The molecule has 54 valence electrons. The van der Waals surface area contributed by atoms with Crippen molar-refractivity contribution in [2.24, 2.45) is 10.2 Å². The van der Waals surface area contributed by atoms with Crippen LogP contribution in [0.2, 0.25) is 0 Å². The highest BCUT2D eigenvalue weighted by Crippen LogP contribution is 2.28. The maximum atomic E-state index is 11.0. The van der Waals surface area contributed by atoms with Crippen LogP contribution in [0.15, 0.2) is 28.4 Å². The van der Waals surface area contributed by atoms with E-state index in [1.54, 1.807) is 6.07 Å². The predicted molar refractivity (Wildman–Crippen MR) is 40.0 cm³/mol. The summed E-state index contributed by atoms with van der Waals surface area (Å²) in [4.78, 5) is 11.0. The third kappa shape index (κ3) is 0.774. The molecule has 1 aliphatic rings. The highest BCUT2D eigenvalue weighted by molar-refractivity contribution is 6.03. The molecule has 0 aromatic heterocycles. The summed E-state index contributed by atoms with van der Waals surface area (Å²) in [5.41, 5.74) is 2.28. The summed E-state index contributed by atoms with van der Waals surface area (Å²) in [6.45, 7) is 1.88. The minimum Gasteiger partial charge on any atom is -0.265 e. The fraction of sp³-hybridized carbons (Fsp3) is 0.125. The van der Waals surface area contributed by atoms with Crippen molar-refractivity contribution in [3.63, 3.8) is 0 Å². The first-order valence-electron chi connectivity index (χ1n) is 3.35. The fourth-order valence-corrected chi connectivity index (χ4v) is 1.16. The number of nitrogens with zero attached hydrogens (tertiary/aromatic N) is 2. The van der Waals surface area contributed by atoms with Gasteiger partial charge in [0.25, 0.3) is 5.91 Å². The molecule has 0 aliphatic carbocycles. The maximum Gasteiger partial charge on any atom is 0.297 e. The molecule has 3 nitrogen and oxygen atoms in total. The SMILES string of the molecule is Cc1cccc2c1C(=O)N=N2. The smallest absolute Gasteiger partial charge is 0.265 e. The Morgan fingerprint density at radius 2 is 2.09 bits per heavy atom. The van der Waals surface area contributed by atoms with Gasteiger partial charge in [0.1, 0.15) is 0 Å². The van der Waals surface area contributed by atoms with Gasteiger partial charge in [0.15, 0.2) is 0 Å². The lowest BCUT2D eigenvalue weighted by atomic mass is 10.1. The van der Waals surface area contributed by atoms with E-state index in [4.69, 9.17) is 0 Å². The first-order chi connectivity index (χ1) is 5.29. The highest BCUT2D eigenvalue weighted by atomic mass is 16.2. The number of carbonyl (C=O) groups excluding carboxylic acids is 1. The minimum absolute atomic E-state index is 0.224. The topological polar surface area (TPSA) is 41.8 Å². The van der Waals surface area contributed by atoms with E-state index in [0.29, 0.717) is 11.3 Å². The van der Waals surface area contributed by atoms with Gasteiger partial charge in [-0.05, 0) is 18.6 Å². The average molecular weight is 146 g/mol. The van der Waals surface area contributed by atoms with Crippen molar-refractivity contribution in [2.45, 2.75) is 6.92 Å². The Bertz CT molecular complexity index is 355. The lowest BCUT2D eigenvalue weighted by Gasteiger charge is -1.96. The largest absolute Gasteiger partial charge is 0.297 e. The molecule has 1 aromatic carbocycles. The van der Waals surface area contributed by atoms with Crippen molar-refractivity contribution < 1.29 is 4.79 Å². The fourth-order valence-electron chi connectivity index (χ4n) is 1.16. The van der Waals surface area contributed by atoms with E-state index in [1.807, 2.05) is 19.1 Å². The molecule has 0 unspecified atom stereocenters. The van der Waals surface area contributed by atoms with Gasteiger partial charge in [-0.3, -0.25) is 4.79 Å². The summed E-state index contributed by atoms with van der Waals surface area (Å²) in [6, 6.07) is 5.54. The molecule has 0 N–H and O–H groups in total. The normalized spacial score (nSPS) is 13.7. The van der Waals surface area contributed by atoms with Crippen LogP contribution in [-0.4, -0.2) is 5.91 Å². The van der Waals surface area contributed by atoms with Crippen LogP contribution >= 0.6 is 0 Å². The van der Waals surface area contributed by atoms with Crippen molar-refractivity contribution in [3.8, 4) is 0 Å². The van der Waals surface area contributed by atoms with E-state index in [2.05, 4.69) is 10.2 Å². The lowest BCUT2D eigenvalue weighted by Crippen LogP contribution is -1.91. The zero-order valence-electron chi connectivity index (χ0n) is 6.03. The number of hydrogen-bond acceptors (Lipinski definition) is 2. The number of hydrogen-bond donors (Lipinski definition) is 0. The molecule has 3 heteroatoms. The minimum atomic E-state index is -0.224. The molecule has 0 radical (unpaired) electrons. The molecule has 0 fully saturated rings. The highest BCUT2D eigenvalue weighted by Gasteiger charge is 2.18. The maximum absolute atomic E-state index is 11.0. The number of amides is 1. The molecule has 1 heterocycles. The van der Waals surface area contributed by atoms with Gasteiger partial charge in [0.2, 0.25) is 0 Å². The first kappa shape index (κ1) is 6.22. The zero-order chi connectivity index (χ0) is 7.84. The Morgan fingerprint density at radius 1 is 1.27 bits per heavy atom. The quantitative estimate of drug-likeness (QED) is 0.553. The van der Waals surface area contributed by atoms with Gasteiger partial charge in [0, 0.05) is 0 Å². The summed E-state index contributed by atoms with van der Waals surface area (Å²) in [7, 11) is 0. The van der Waals surface area contributed by atoms with E-state index in [1.165, 1.54) is 0 Å². The Morgan fingerprint density at radius 3 is 2.82 bits per heavy atom. The van der Waals surface area contributed by atoms with Gasteiger partial charge in [-0.1, -0.05) is 12.1 Å². The average Bonchev–Trinajstić information content (AvgIpc) is 2.34. The predicted octanol–water partition coefficient (Wildman–Crippen LogP) is 2.23. The van der Waals surface area contributed by atoms with Crippen LogP contribution < -0.4 is 0 Å². The van der Waals surface area contributed by atoms with Crippen molar-refractivity contribution in [3.05, 3.63) is 29.3 Å². The van der Waals surface area contributed by atoms with Gasteiger partial charge in [-0.15, -0.1) is 10.2 Å². The zero-order valence-corrected chi connectivity index (χ0v) is 6.03. The van der Waals surface area contributed by atoms with Crippen LogP contribution in [0, 0.1) is 6.92 Å². The third-order valence-corrected chi connectivity index (χ3v) is 1.71. The van der Waals surface area contributed by atoms with Crippen LogP contribution in [0.1, 0.15) is 15.9 Å². The Labute approximate surface area is 63.8 Å². The van der Waals surface area contributed by atoms with Crippen molar-refractivity contribution >= 4 is 11.6 Å². The molecule has 1 amide bonds. The molecule has 0 atom stereocenters. The summed E-state index contributed by atoms with van der Waals surface area (Å²) in [5, 5.41) is 7.17. The molecule has 0 bridgehead atoms. The van der Waals surface area contributed by atoms with Crippen molar-refractivity contribution in [2.75, 3.05) is 0 Å². The number of azo groups is 1. The van der Waals surface area contributed by atoms with Crippen LogP contribution in [0.4, 0.5) is 5.69 Å². The van der Waals surface area contributed by atoms with Gasteiger partial charge < -0.3 is 0 Å². The van der Waals surface area contributed by atoms with Gasteiger partial charge in [-0.25, -0.2) is 0 Å². The number of carbonyl (C=O) groups is 1. The molecule has 11 heavy (non-hydrogen) atoms. The number of benzene rings is 1. The Balaban J connectivity index is 2.74. The van der Waals surface area contributed by atoms with E-state index < -0.39 is 0 Å². The van der Waals surface area contributed by atoms with Crippen LogP contribution in [-0.2, 0) is 0 Å². The van der Waals surface area contributed by atoms with E-state index >= 15 is 0 Å².